The molecule has 1 aromatic heterocycles. The van der Waals surface area contributed by atoms with Gasteiger partial charge in [0.05, 0.1) is 4.92 Å². The van der Waals surface area contributed by atoms with Gasteiger partial charge in [-0.2, -0.15) is 0 Å². The molecular formula is C18H17N3O4. The summed E-state index contributed by atoms with van der Waals surface area (Å²) in [6.07, 6.45) is 0. The Morgan fingerprint density at radius 1 is 1.16 bits per heavy atom. The number of nitrogens with zero attached hydrogens (tertiary/aromatic N) is 2. The number of anilines is 1. The van der Waals surface area contributed by atoms with E-state index in [1.807, 2.05) is 20.8 Å². The van der Waals surface area contributed by atoms with Crippen molar-refractivity contribution < 1.29 is 14.1 Å². The molecule has 0 fully saturated rings. The van der Waals surface area contributed by atoms with E-state index >= 15 is 0 Å². The van der Waals surface area contributed by atoms with Gasteiger partial charge in [-0.15, -0.1) is 0 Å². The van der Waals surface area contributed by atoms with Crippen molar-refractivity contribution in [2.24, 2.45) is 0 Å². The maximum Gasteiger partial charge on any atom is 0.269 e. The third kappa shape index (κ3) is 3.50. The van der Waals surface area contributed by atoms with E-state index in [0.29, 0.717) is 28.2 Å². The summed E-state index contributed by atoms with van der Waals surface area (Å²) in [5, 5.41) is 13.4. The van der Waals surface area contributed by atoms with Crippen LogP contribution < -0.4 is 5.32 Å². The Balaban J connectivity index is 1.82. The number of aromatic nitrogens is 1. The Morgan fingerprint density at radius 3 is 2.44 bits per heavy atom. The van der Waals surface area contributed by atoms with Gasteiger partial charge in [-0.25, -0.2) is 4.98 Å². The van der Waals surface area contributed by atoms with E-state index in [9.17, 15) is 14.9 Å². The van der Waals surface area contributed by atoms with Gasteiger partial charge in [0.2, 0.25) is 5.89 Å². The average molecular weight is 339 g/mol. The average Bonchev–Trinajstić information content (AvgIpc) is 2.98. The van der Waals surface area contributed by atoms with Gasteiger partial charge in [-0.05, 0) is 30.3 Å². The van der Waals surface area contributed by atoms with E-state index < -0.39 is 4.92 Å². The molecule has 3 rings (SSSR count). The molecular weight excluding hydrogens is 322 g/mol. The Hall–Kier alpha value is -3.22. The largest absolute Gasteiger partial charge is 0.440 e. The van der Waals surface area contributed by atoms with Gasteiger partial charge in [0.25, 0.3) is 11.6 Å². The van der Waals surface area contributed by atoms with Crippen LogP contribution in [0.3, 0.4) is 0 Å². The first kappa shape index (κ1) is 16.6. The number of non-ortho nitro benzene ring substituents is 1. The lowest BCUT2D eigenvalue weighted by Gasteiger charge is -2.11. The number of nitro groups is 1. The number of benzene rings is 2. The zero-order valence-electron chi connectivity index (χ0n) is 14.1. The topological polar surface area (TPSA) is 98.3 Å². The number of oxazole rings is 1. The summed E-state index contributed by atoms with van der Waals surface area (Å²) in [7, 11) is 0. The molecule has 0 aliphatic heterocycles. The summed E-state index contributed by atoms with van der Waals surface area (Å²) in [6, 6.07) is 10.6. The zero-order chi connectivity index (χ0) is 18.2. The number of carbonyl (C=O) groups excluding carboxylic acids is 1. The van der Waals surface area contributed by atoms with Gasteiger partial charge in [0.1, 0.15) is 5.52 Å². The first-order chi connectivity index (χ1) is 11.7. The van der Waals surface area contributed by atoms with Crippen molar-refractivity contribution in [3.8, 4) is 0 Å². The van der Waals surface area contributed by atoms with Crippen molar-refractivity contribution in [1.82, 2.24) is 4.98 Å². The third-order valence-corrected chi connectivity index (χ3v) is 3.63. The standard InChI is InChI=1S/C18H17N3O4/c1-18(2,3)17-20-14-10-12(6-9-15(14)25-17)19-16(22)11-4-7-13(8-5-11)21(23)24/h4-10H,1-3H3,(H,19,22). The lowest BCUT2D eigenvalue weighted by molar-refractivity contribution is -0.384. The van der Waals surface area contributed by atoms with Gasteiger partial charge in [-0.1, -0.05) is 20.8 Å². The minimum Gasteiger partial charge on any atom is -0.440 e. The Morgan fingerprint density at radius 2 is 1.84 bits per heavy atom. The quantitative estimate of drug-likeness (QED) is 0.567. The molecule has 1 N–H and O–H groups in total. The van der Waals surface area contributed by atoms with Crippen molar-refractivity contribution in [3.63, 3.8) is 0 Å². The zero-order valence-corrected chi connectivity index (χ0v) is 14.1. The van der Waals surface area contributed by atoms with Crippen LogP contribution in [-0.2, 0) is 5.41 Å². The van der Waals surface area contributed by atoms with Crippen LogP contribution in [0.1, 0.15) is 37.0 Å². The molecule has 7 nitrogen and oxygen atoms in total. The van der Waals surface area contributed by atoms with E-state index in [2.05, 4.69) is 10.3 Å². The van der Waals surface area contributed by atoms with Gasteiger partial charge in [0, 0.05) is 28.8 Å². The number of hydrogen-bond donors (Lipinski definition) is 1. The van der Waals surface area contributed by atoms with Crippen molar-refractivity contribution in [2.45, 2.75) is 26.2 Å². The molecule has 0 bridgehead atoms. The maximum atomic E-state index is 12.3. The molecule has 128 valence electrons. The van der Waals surface area contributed by atoms with Gasteiger partial charge in [0.15, 0.2) is 5.58 Å². The van der Waals surface area contributed by atoms with E-state index in [-0.39, 0.29) is 17.0 Å². The number of hydrogen-bond acceptors (Lipinski definition) is 5. The molecule has 2 aromatic carbocycles. The van der Waals surface area contributed by atoms with Crippen molar-refractivity contribution in [1.29, 1.82) is 0 Å². The molecule has 0 saturated heterocycles. The molecule has 0 saturated carbocycles. The second-order valence-corrected chi connectivity index (χ2v) is 6.71. The highest BCUT2D eigenvalue weighted by Crippen LogP contribution is 2.27. The number of nitro benzene ring substituents is 1. The van der Waals surface area contributed by atoms with E-state index in [4.69, 9.17) is 4.42 Å². The summed E-state index contributed by atoms with van der Waals surface area (Å²) < 4.78 is 5.73. The molecule has 0 spiro atoms. The Kier molecular flexibility index (Phi) is 4.00. The molecule has 1 heterocycles. The SMILES string of the molecule is CC(C)(C)c1nc2cc(NC(=O)c3ccc([N+](=O)[O-])cc3)ccc2o1. The van der Waals surface area contributed by atoms with Crippen LogP contribution in [0.25, 0.3) is 11.1 Å². The molecule has 25 heavy (non-hydrogen) atoms. The first-order valence-corrected chi connectivity index (χ1v) is 7.71. The number of carbonyl (C=O) groups is 1. The normalized spacial score (nSPS) is 11.5. The van der Waals surface area contributed by atoms with Crippen LogP contribution in [0.15, 0.2) is 46.9 Å². The summed E-state index contributed by atoms with van der Waals surface area (Å²) in [6.45, 7) is 6.03. The fraction of sp³-hybridized carbons (Fsp3) is 0.222. The first-order valence-electron chi connectivity index (χ1n) is 7.71. The molecule has 0 aliphatic rings. The third-order valence-electron chi connectivity index (χ3n) is 3.63. The molecule has 0 aliphatic carbocycles. The van der Waals surface area contributed by atoms with Gasteiger partial charge < -0.3 is 9.73 Å². The van der Waals surface area contributed by atoms with Crippen LogP contribution in [0.4, 0.5) is 11.4 Å². The predicted octanol–water partition coefficient (Wildman–Crippen LogP) is 4.29. The molecule has 3 aromatic rings. The highest BCUT2D eigenvalue weighted by atomic mass is 16.6. The monoisotopic (exact) mass is 339 g/mol. The van der Waals surface area contributed by atoms with Gasteiger partial charge >= 0.3 is 0 Å². The van der Waals surface area contributed by atoms with Gasteiger partial charge in [-0.3, -0.25) is 14.9 Å². The van der Waals surface area contributed by atoms with Crippen LogP contribution in [0, 0.1) is 10.1 Å². The summed E-state index contributed by atoms with van der Waals surface area (Å²) in [4.78, 5) is 26.9. The molecule has 1 amide bonds. The lowest BCUT2D eigenvalue weighted by atomic mass is 9.97. The summed E-state index contributed by atoms with van der Waals surface area (Å²) in [5.41, 5.74) is 1.95. The minimum atomic E-state index is -0.507. The molecule has 0 atom stereocenters. The van der Waals surface area contributed by atoms with Crippen LogP contribution in [-0.4, -0.2) is 15.8 Å². The van der Waals surface area contributed by atoms with E-state index in [0.717, 1.165) is 0 Å². The number of nitrogens with one attached hydrogen (secondary N) is 1. The van der Waals surface area contributed by atoms with Crippen LogP contribution in [0.5, 0.6) is 0 Å². The van der Waals surface area contributed by atoms with E-state index in [1.165, 1.54) is 24.3 Å². The number of rotatable bonds is 3. The van der Waals surface area contributed by atoms with Crippen molar-refractivity contribution in [2.75, 3.05) is 5.32 Å². The maximum absolute atomic E-state index is 12.3. The second kappa shape index (κ2) is 6.01. The predicted molar refractivity (Wildman–Crippen MR) is 93.8 cm³/mol. The van der Waals surface area contributed by atoms with Crippen molar-refractivity contribution >= 4 is 28.4 Å². The lowest BCUT2D eigenvalue weighted by Crippen LogP contribution is -2.11. The molecule has 0 unspecified atom stereocenters. The smallest absolute Gasteiger partial charge is 0.269 e. The molecule has 0 radical (unpaired) electrons. The Labute approximate surface area is 143 Å². The Bertz CT molecular complexity index is 953. The number of amides is 1. The second-order valence-electron chi connectivity index (χ2n) is 6.71. The van der Waals surface area contributed by atoms with Crippen LogP contribution in [0.2, 0.25) is 0 Å². The highest BCUT2D eigenvalue weighted by Gasteiger charge is 2.21. The highest BCUT2D eigenvalue weighted by molar-refractivity contribution is 6.05. The number of fused-ring (bicyclic) bond motifs is 1. The summed E-state index contributed by atoms with van der Waals surface area (Å²) >= 11 is 0. The minimum absolute atomic E-state index is 0.0599. The fourth-order valence-corrected chi connectivity index (χ4v) is 2.26. The molecule has 7 heteroatoms. The van der Waals surface area contributed by atoms with E-state index in [1.54, 1.807) is 18.2 Å². The summed E-state index contributed by atoms with van der Waals surface area (Å²) in [5.74, 6) is 0.273. The fourth-order valence-electron chi connectivity index (χ4n) is 2.26. The van der Waals surface area contributed by atoms with Crippen LogP contribution >= 0.6 is 0 Å². The van der Waals surface area contributed by atoms with Crippen molar-refractivity contribution in [3.05, 3.63) is 64.0 Å².